The molecule has 46 heavy (non-hydrogen) atoms. The number of amidine groups is 1. The predicted molar refractivity (Wildman–Crippen MR) is 160 cm³/mol. The molecular formula is C29H41F3N8O6. The van der Waals surface area contributed by atoms with E-state index in [2.05, 4.69) is 20.7 Å². The number of carbonyl (C=O) groups is 5. The Morgan fingerprint density at radius 2 is 1.50 bits per heavy atom. The number of hydrogen-bond donors (Lipinski definition) is 8. The van der Waals surface area contributed by atoms with E-state index in [1.165, 1.54) is 0 Å². The molecule has 3 atom stereocenters. The number of guanidine groups is 1. The summed E-state index contributed by atoms with van der Waals surface area (Å²) in [6.07, 6.45) is -2.02. The van der Waals surface area contributed by atoms with E-state index in [-0.39, 0.29) is 43.5 Å². The van der Waals surface area contributed by atoms with Crippen molar-refractivity contribution in [3.05, 3.63) is 35.4 Å². The number of primary amides is 1. The Hall–Kier alpha value is -4.70. The summed E-state index contributed by atoms with van der Waals surface area (Å²) in [6, 6.07) is 4.02. The van der Waals surface area contributed by atoms with Crippen LogP contribution >= 0.6 is 0 Å². The third-order valence-electron chi connectivity index (χ3n) is 7.63. The molecule has 1 aliphatic rings. The van der Waals surface area contributed by atoms with Gasteiger partial charge in [0.25, 0.3) is 0 Å². The minimum Gasteiger partial charge on any atom is -0.386 e. The molecule has 0 heterocycles. The molecule has 254 valence electrons. The maximum atomic E-state index is 13.8. The molecule has 0 saturated heterocycles. The molecule has 0 unspecified atom stereocenters. The number of amides is 3. The molecule has 0 bridgehead atoms. The average molecular weight is 655 g/mol. The van der Waals surface area contributed by atoms with Crippen LogP contribution in [0.3, 0.4) is 0 Å². The van der Waals surface area contributed by atoms with Gasteiger partial charge in [0.1, 0.15) is 17.9 Å². The Morgan fingerprint density at radius 3 is 2.04 bits per heavy atom. The highest BCUT2D eigenvalue weighted by Crippen LogP contribution is 2.32. The molecule has 2 rings (SSSR count). The molecule has 0 spiro atoms. The van der Waals surface area contributed by atoms with Crippen molar-refractivity contribution in [3.8, 4) is 0 Å². The Bertz CT molecular complexity index is 1270. The van der Waals surface area contributed by atoms with Gasteiger partial charge in [0, 0.05) is 24.4 Å². The summed E-state index contributed by atoms with van der Waals surface area (Å²) >= 11 is 0. The van der Waals surface area contributed by atoms with Crippen molar-refractivity contribution >= 4 is 41.5 Å². The normalized spacial score (nSPS) is 15.5. The van der Waals surface area contributed by atoms with Gasteiger partial charge in [0.05, 0.1) is 0 Å². The first kappa shape index (κ1) is 37.5. The van der Waals surface area contributed by atoms with Crippen LogP contribution in [0.2, 0.25) is 0 Å². The van der Waals surface area contributed by atoms with Gasteiger partial charge in [-0.25, -0.2) is 4.79 Å². The summed E-state index contributed by atoms with van der Waals surface area (Å²) in [6.45, 7) is 0.185. The van der Waals surface area contributed by atoms with E-state index in [9.17, 15) is 37.1 Å². The van der Waals surface area contributed by atoms with E-state index in [0.29, 0.717) is 5.56 Å². The number of ether oxygens (including phenoxy) is 1. The predicted octanol–water partition coefficient (Wildman–Crippen LogP) is 0.840. The highest BCUT2D eigenvalue weighted by Gasteiger charge is 2.42. The molecule has 14 nitrogen and oxygen atoms in total. The molecule has 0 radical (unpaired) electrons. The number of benzene rings is 1. The first-order chi connectivity index (χ1) is 21.6. The molecule has 3 amide bonds. The quantitative estimate of drug-likeness (QED) is 0.0412. The van der Waals surface area contributed by atoms with Gasteiger partial charge in [-0.1, -0.05) is 43.5 Å². The molecule has 1 saturated carbocycles. The van der Waals surface area contributed by atoms with Crippen LogP contribution in [0, 0.1) is 22.7 Å². The van der Waals surface area contributed by atoms with Crippen LogP contribution in [0.5, 0.6) is 0 Å². The Balaban J connectivity index is 2.27. The highest BCUT2D eigenvalue weighted by atomic mass is 19.4. The van der Waals surface area contributed by atoms with Gasteiger partial charge in [-0.15, -0.1) is 0 Å². The smallest absolute Gasteiger partial charge is 0.386 e. The highest BCUT2D eigenvalue weighted by molar-refractivity contribution is 5.95. The molecule has 0 aliphatic heterocycles. The van der Waals surface area contributed by atoms with Gasteiger partial charge < -0.3 is 37.9 Å². The molecule has 1 aliphatic carbocycles. The number of hydrogen-bond acceptors (Lipinski definition) is 8. The van der Waals surface area contributed by atoms with Crippen molar-refractivity contribution in [2.24, 2.45) is 29.0 Å². The second kappa shape index (κ2) is 17.7. The summed E-state index contributed by atoms with van der Waals surface area (Å²) in [5.41, 5.74) is 17.5. The van der Waals surface area contributed by atoms with E-state index >= 15 is 0 Å². The second-order valence-corrected chi connectivity index (χ2v) is 11.1. The van der Waals surface area contributed by atoms with E-state index < -0.39 is 66.7 Å². The van der Waals surface area contributed by atoms with E-state index in [1.54, 1.807) is 24.3 Å². The number of nitrogens with two attached hydrogens (primary N) is 3. The fourth-order valence-electron chi connectivity index (χ4n) is 5.19. The average Bonchev–Trinajstić information content (AvgIpc) is 2.99. The van der Waals surface area contributed by atoms with Crippen LogP contribution in [-0.4, -0.2) is 66.3 Å². The number of carbonyl (C=O) groups excluding carboxylic acids is 5. The molecule has 1 aromatic carbocycles. The van der Waals surface area contributed by atoms with E-state index in [1.807, 2.05) is 0 Å². The van der Waals surface area contributed by atoms with Crippen molar-refractivity contribution in [2.75, 3.05) is 6.54 Å². The number of nitrogens with one attached hydrogen (secondary N) is 5. The van der Waals surface area contributed by atoms with Gasteiger partial charge in [-0.05, 0) is 50.0 Å². The van der Waals surface area contributed by atoms with Gasteiger partial charge in [-0.3, -0.25) is 30.0 Å². The summed E-state index contributed by atoms with van der Waals surface area (Å²) in [5, 5.41) is 22.3. The number of esters is 2. The zero-order chi connectivity index (χ0) is 34.4. The maximum absolute atomic E-state index is 13.8. The second-order valence-electron chi connectivity index (χ2n) is 11.1. The van der Waals surface area contributed by atoms with Crippen LogP contribution in [0.15, 0.2) is 24.3 Å². The lowest BCUT2D eigenvalue weighted by atomic mass is 9.76. The van der Waals surface area contributed by atoms with Crippen LogP contribution in [0.4, 0.5) is 13.2 Å². The number of nitrogen functional groups attached to an aromatic ring is 1. The van der Waals surface area contributed by atoms with Crippen molar-refractivity contribution in [2.45, 2.75) is 82.5 Å². The molecule has 0 aromatic heterocycles. The third-order valence-corrected chi connectivity index (χ3v) is 7.63. The maximum Gasteiger partial charge on any atom is 0.491 e. The van der Waals surface area contributed by atoms with Crippen molar-refractivity contribution in [3.63, 3.8) is 0 Å². The number of halogens is 3. The Morgan fingerprint density at radius 1 is 0.891 bits per heavy atom. The minimum atomic E-state index is -5.41. The number of alkyl halides is 3. The number of rotatable bonds is 16. The van der Waals surface area contributed by atoms with E-state index in [4.69, 9.17) is 28.0 Å². The van der Waals surface area contributed by atoms with Crippen LogP contribution in [0.1, 0.15) is 68.9 Å². The molecule has 1 fully saturated rings. The largest absolute Gasteiger partial charge is 0.491 e. The lowest BCUT2D eigenvalue weighted by Crippen LogP contribution is -2.54. The first-order valence-electron chi connectivity index (χ1n) is 14.8. The molecular weight excluding hydrogens is 613 g/mol. The van der Waals surface area contributed by atoms with Gasteiger partial charge >= 0.3 is 18.1 Å². The summed E-state index contributed by atoms with van der Waals surface area (Å²) in [4.78, 5) is 62.4. The molecule has 1 aromatic rings. The zero-order valence-electron chi connectivity index (χ0n) is 25.2. The SMILES string of the molecule is N=C(N)NCCC[C@H](NC(=O)[C@H](CCC(=O)OC(=O)C(F)(F)F)NC(=O)[C@@H](Cc1ccc(C(=N)N)cc1)C1CCCCC1)C(N)=O. The Kier molecular flexibility index (Phi) is 14.4. The fraction of sp³-hybridized carbons (Fsp3) is 0.552. The summed E-state index contributed by atoms with van der Waals surface area (Å²) in [5.74, 6) is -7.81. The first-order valence-corrected chi connectivity index (χ1v) is 14.8. The zero-order valence-corrected chi connectivity index (χ0v) is 25.2. The monoisotopic (exact) mass is 654 g/mol. The lowest BCUT2D eigenvalue weighted by Gasteiger charge is -2.31. The van der Waals surface area contributed by atoms with Gasteiger partial charge in [-0.2, -0.15) is 13.2 Å². The van der Waals surface area contributed by atoms with Crippen molar-refractivity contribution in [1.82, 2.24) is 16.0 Å². The third kappa shape index (κ3) is 12.7. The summed E-state index contributed by atoms with van der Waals surface area (Å²) in [7, 11) is 0. The summed E-state index contributed by atoms with van der Waals surface area (Å²) < 4.78 is 41.5. The van der Waals surface area contributed by atoms with Crippen LogP contribution in [0.25, 0.3) is 0 Å². The van der Waals surface area contributed by atoms with Gasteiger partial charge in [0.2, 0.25) is 17.7 Å². The van der Waals surface area contributed by atoms with Crippen LogP contribution in [-0.2, 0) is 35.1 Å². The van der Waals surface area contributed by atoms with Crippen molar-refractivity contribution < 1.29 is 41.9 Å². The molecule has 11 N–H and O–H groups in total. The van der Waals surface area contributed by atoms with E-state index in [0.717, 1.165) is 37.7 Å². The standard InChI is InChI=1S/C29H41F3N8O6/c30-29(31,32)27(45)46-22(41)13-12-21(26(44)39-20(24(35)42)7-4-14-38-28(36)37)40-25(43)19(17-5-2-1-3-6-17)15-16-8-10-18(11-9-16)23(33)34/h8-11,17,19-21H,1-7,12-15H2,(H3,33,34)(H2,35,42)(H,39,44)(H,40,43)(H4,36,37,38)/t19-,20-,21-/m0/s1. The van der Waals surface area contributed by atoms with Crippen molar-refractivity contribution in [1.29, 1.82) is 10.8 Å². The van der Waals surface area contributed by atoms with Crippen LogP contribution < -0.4 is 33.2 Å². The topological polar surface area (TPSA) is 256 Å². The Labute approximate surface area is 263 Å². The minimum absolute atomic E-state index is 0.0190. The molecule has 17 heteroatoms. The fourth-order valence-corrected chi connectivity index (χ4v) is 5.19. The van der Waals surface area contributed by atoms with Gasteiger partial charge in [0.15, 0.2) is 5.96 Å². The lowest BCUT2D eigenvalue weighted by molar-refractivity contribution is -0.201.